The molecule has 0 spiro atoms. The van der Waals surface area contributed by atoms with Crippen LogP contribution in [0.15, 0.2) is 11.6 Å². The molecule has 7 heavy (non-hydrogen) atoms. The summed E-state index contributed by atoms with van der Waals surface area (Å²) in [5.74, 6) is 0. The smallest absolute Gasteiger partial charge is 0.229 e. The van der Waals surface area contributed by atoms with Gasteiger partial charge in [0.1, 0.15) is 0 Å². The maximum Gasteiger partial charge on any atom is 0.229 e. The van der Waals surface area contributed by atoms with Crippen LogP contribution in [0, 0.1) is 11.3 Å². The van der Waals surface area contributed by atoms with Gasteiger partial charge in [-0.15, -0.1) is 0 Å². The van der Waals surface area contributed by atoms with E-state index >= 15 is 0 Å². The van der Waals surface area contributed by atoms with E-state index in [1.807, 2.05) is 0 Å². The van der Waals surface area contributed by atoms with Crippen LogP contribution in [-0.2, 0) is 4.79 Å². The molecule has 0 aliphatic heterocycles. The predicted octanol–water partition coefficient (Wildman–Crippen LogP) is 0.566. The van der Waals surface area contributed by atoms with Gasteiger partial charge in [0, 0.05) is 11.6 Å². The second-order valence-corrected chi connectivity index (χ2v) is 1.06. The second-order valence-electron chi connectivity index (χ2n) is 1.06. The first-order chi connectivity index (χ1) is 3.31. The van der Waals surface area contributed by atoms with Crippen LogP contribution in [0.3, 0.4) is 0 Å². The minimum Gasteiger partial charge on any atom is -0.285 e. The molecule has 0 rings (SSSR count). The highest BCUT2D eigenvalue weighted by Gasteiger charge is 1.78. The molecule has 0 saturated heterocycles. The van der Waals surface area contributed by atoms with Gasteiger partial charge >= 0.3 is 0 Å². The monoisotopic (exact) mass is 94.0 g/mol. The first-order valence-electron chi connectivity index (χ1n) is 1.76. The van der Waals surface area contributed by atoms with Crippen molar-refractivity contribution in [2.45, 2.75) is 6.92 Å². The number of carbonyl (C=O) groups excluding carboxylic acids is 1. The summed E-state index contributed by atoms with van der Waals surface area (Å²) in [6.07, 6.45) is 2.70. The van der Waals surface area contributed by atoms with Crippen molar-refractivity contribution in [2.75, 3.05) is 0 Å². The van der Waals surface area contributed by atoms with E-state index in [0.717, 1.165) is 6.08 Å². The van der Waals surface area contributed by atoms with E-state index in [9.17, 15) is 4.79 Å². The van der Waals surface area contributed by atoms with Crippen molar-refractivity contribution in [1.82, 2.24) is 0 Å². The Morgan fingerprint density at radius 3 is 2.57 bits per heavy atom. The molecule has 1 radical (unpaired) electrons. The maximum atomic E-state index is 9.55. The lowest BCUT2D eigenvalue weighted by Crippen LogP contribution is -1.70. The molecule has 35 valence electrons. The van der Waals surface area contributed by atoms with Gasteiger partial charge in [0.25, 0.3) is 0 Å². The highest BCUT2D eigenvalue weighted by Crippen LogP contribution is 1.80. The van der Waals surface area contributed by atoms with Crippen molar-refractivity contribution in [3.8, 4) is 6.07 Å². The van der Waals surface area contributed by atoms with Crippen LogP contribution in [0.2, 0.25) is 0 Å². The third-order valence-corrected chi connectivity index (χ3v) is 0.442. The lowest BCUT2D eigenvalue weighted by atomic mass is 10.3. The van der Waals surface area contributed by atoms with Crippen molar-refractivity contribution in [3.05, 3.63) is 11.6 Å². The summed E-state index contributed by atoms with van der Waals surface area (Å²) < 4.78 is 0. The van der Waals surface area contributed by atoms with Gasteiger partial charge in [-0.1, -0.05) is 0 Å². The predicted molar refractivity (Wildman–Crippen MR) is 25.1 cm³/mol. The molecule has 0 aliphatic carbocycles. The number of nitriles is 1. The summed E-state index contributed by atoms with van der Waals surface area (Å²) >= 11 is 0. The van der Waals surface area contributed by atoms with Gasteiger partial charge in [-0.05, 0) is 6.92 Å². The fraction of sp³-hybridized carbons (Fsp3) is 0.200. The average molecular weight is 94.1 g/mol. The van der Waals surface area contributed by atoms with E-state index in [2.05, 4.69) is 0 Å². The van der Waals surface area contributed by atoms with Crippen molar-refractivity contribution in [1.29, 1.82) is 5.26 Å². The molecule has 0 bridgehead atoms. The maximum absolute atomic E-state index is 9.55. The molecular weight excluding hydrogens is 90.1 g/mol. The zero-order valence-electron chi connectivity index (χ0n) is 3.93. The molecule has 2 nitrogen and oxygen atoms in total. The largest absolute Gasteiger partial charge is 0.285 e. The van der Waals surface area contributed by atoms with Crippen LogP contribution in [0.4, 0.5) is 0 Å². The molecule has 0 saturated carbocycles. The van der Waals surface area contributed by atoms with Gasteiger partial charge in [0.2, 0.25) is 6.29 Å². The Labute approximate surface area is 42.1 Å². The van der Waals surface area contributed by atoms with E-state index in [1.54, 1.807) is 12.4 Å². The van der Waals surface area contributed by atoms with Crippen molar-refractivity contribution < 1.29 is 4.79 Å². The van der Waals surface area contributed by atoms with Crippen LogP contribution >= 0.6 is 0 Å². The molecule has 0 atom stereocenters. The first kappa shape index (κ1) is 5.90. The molecular formula is C5H4NO. The molecule has 0 aromatic rings. The van der Waals surface area contributed by atoms with E-state index in [-0.39, 0.29) is 0 Å². The lowest BCUT2D eigenvalue weighted by Gasteiger charge is -1.69. The number of rotatable bonds is 1. The Kier molecular flexibility index (Phi) is 2.62. The van der Waals surface area contributed by atoms with Gasteiger partial charge < -0.3 is 0 Å². The van der Waals surface area contributed by atoms with E-state index in [4.69, 9.17) is 5.26 Å². The number of nitrogens with zero attached hydrogens (tertiary/aromatic N) is 1. The fourth-order valence-corrected chi connectivity index (χ4v) is 0.126. The van der Waals surface area contributed by atoms with E-state index in [0.29, 0.717) is 5.57 Å². The molecule has 2 heteroatoms. The van der Waals surface area contributed by atoms with Gasteiger partial charge in [0.05, 0.1) is 6.07 Å². The van der Waals surface area contributed by atoms with Crippen LogP contribution in [-0.4, -0.2) is 6.29 Å². The summed E-state index contributed by atoms with van der Waals surface area (Å²) in [6, 6.07) is 1.69. The van der Waals surface area contributed by atoms with Crippen LogP contribution in [0.1, 0.15) is 6.92 Å². The normalized spacial score (nSPS) is 10.0. The van der Waals surface area contributed by atoms with Gasteiger partial charge in [0.15, 0.2) is 0 Å². The van der Waals surface area contributed by atoms with Crippen LogP contribution in [0.5, 0.6) is 0 Å². The Hall–Kier alpha value is -1.10. The zero-order chi connectivity index (χ0) is 5.70. The van der Waals surface area contributed by atoms with Crippen molar-refractivity contribution in [2.24, 2.45) is 0 Å². The number of hydrogen-bond donors (Lipinski definition) is 0. The molecule has 0 fully saturated rings. The zero-order valence-corrected chi connectivity index (χ0v) is 3.93. The fourth-order valence-electron chi connectivity index (χ4n) is 0.126. The summed E-state index contributed by atoms with van der Waals surface area (Å²) in [7, 11) is 0. The Balaban J connectivity index is 3.80. The highest BCUT2D eigenvalue weighted by molar-refractivity contribution is 5.73. The Bertz CT molecular complexity index is 130. The SMILES string of the molecule is CC([C]=O)=CC#N. The minimum atomic E-state index is 0.336. The van der Waals surface area contributed by atoms with Crippen LogP contribution < -0.4 is 0 Å². The molecule has 0 aromatic heterocycles. The quantitative estimate of drug-likeness (QED) is 0.352. The lowest BCUT2D eigenvalue weighted by molar-refractivity contribution is 0.562. The summed E-state index contributed by atoms with van der Waals surface area (Å²) in [5, 5.41) is 7.86. The van der Waals surface area contributed by atoms with Gasteiger partial charge in [-0.3, -0.25) is 4.79 Å². The molecule has 0 aliphatic rings. The first-order valence-corrected chi connectivity index (χ1v) is 1.76. The average Bonchev–Trinajstić information content (AvgIpc) is 1.68. The van der Waals surface area contributed by atoms with Gasteiger partial charge in [-0.2, -0.15) is 5.26 Å². The number of allylic oxidation sites excluding steroid dienone is 2. The molecule has 0 amide bonds. The minimum absolute atomic E-state index is 0.336. The standard InChI is InChI=1S/C5H4NO/c1-5(4-7)2-3-6/h2H,1H3. The summed E-state index contributed by atoms with van der Waals surface area (Å²) in [5.41, 5.74) is 0.336. The third-order valence-electron chi connectivity index (χ3n) is 0.442. The molecule has 0 aromatic carbocycles. The van der Waals surface area contributed by atoms with Gasteiger partial charge in [-0.25, -0.2) is 0 Å². The molecule has 0 heterocycles. The summed E-state index contributed by atoms with van der Waals surface area (Å²) in [6.45, 7) is 1.52. The third kappa shape index (κ3) is 2.71. The Morgan fingerprint density at radius 1 is 1.86 bits per heavy atom. The molecule has 0 unspecified atom stereocenters. The van der Waals surface area contributed by atoms with E-state index in [1.165, 1.54) is 6.92 Å². The summed E-state index contributed by atoms with van der Waals surface area (Å²) in [4.78, 5) is 9.55. The topological polar surface area (TPSA) is 40.9 Å². The molecule has 0 N–H and O–H groups in total. The van der Waals surface area contributed by atoms with Crippen molar-refractivity contribution in [3.63, 3.8) is 0 Å². The second kappa shape index (κ2) is 3.10. The Morgan fingerprint density at radius 2 is 2.43 bits per heavy atom. The van der Waals surface area contributed by atoms with E-state index < -0.39 is 0 Å². The highest BCUT2D eigenvalue weighted by atomic mass is 16.1. The van der Waals surface area contributed by atoms with Crippen LogP contribution in [0.25, 0.3) is 0 Å². The number of hydrogen-bond acceptors (Lipinski definition) is 2. The van der Waals surface area contributed by atoms with Crippen molar-refractivity contribution >= 4 is 6.29 Å².